The summed E-state index contributed by atoms with van der Waals surface area (Å²) in [4.78, 5) is 12.0. The number of hydrogen-bond acceptors (Lipinski definition) is 10. The maximum absolute atomic E-state index is 12.0. The minimum atomic E-state index is -1.58. The van der Waals surface area contributed by atoms with Crippen LogP contribution in [0.1, 0.15) is 13.3 Å². The zero-order valence-corrected chi connectivity index (χ0v) is 15.0. The van der Waals surface area contributed by atoms with Crippen molar-refractivity contribution in [3.8, 4) is 0 Å². The summed E-state index contributed by atoms with van der Waals surface area (Å²) in [5.41, 5.74) is 0.291. The van der Waals surface area contributed by atoms with Crippen molar-refractivity contribution in [3.05, 3.63) is 11.8 Å². The van der Waals surface area contributed by atoms with E-state index in [1.807, 2.05) is 0 Å². The molecular formula is C17H26O10. The van der Waals surface area contributed by atoms with Gasteiger partial charge in [-0.25, -0.2) is 4.79 Å². The van der Waals surface area contributed by atoms with Crippen LogP contribution in [-0.2, 0) is 23.7 Å². The van der Waals surface area contributed by atoms with Crippen LogP contribution in [0.3, 0.4) is 0 Å². The maximum atomic E-state index is 12.0. The normalized spacial score (nSPS) is 47.0. The van der Waals surface area contributed by atoms with Crippen LogP contribution in [0.15, 0.2) is 11.8 Å². The van der Waals surface area contributed by atoms with E-state index in [9.17, 15) is 30.3 Å². The Kier molecular flexibility index (Phi) is 6.06. The molecule has 0 spiro atoms. The average molecular weight is 390 g/mol. The third kappa shape index (κ3) is 3.58. The van der Waals surface area contributed by atoms with E-state index in [2.05, 4.69) is 0 Å². The Morgan fingerprint density at radius 1 is 1.19 bits per heavy atom. The van der Waals surface area contributed by atoms with E-state index >= 15 is 0 Å². The second-order valence-electron chi connectivity index (χ2n) is 7.25. The van der Waals surface area contributed by atoms with E-state index < -0.39 is 61.6 Å². The van der Waals surface area contributed by atoms with Gasteiger partial charge in [-0.15, -0.1) is 0 Å². The first-order valence-electron chi connectivity index (χ1n) is 8.88. The summed E-state index contributed by atoms with van der Waals surface area (Å²) in [7, 11) is 1.25. The molecule has 2 heterocycles. The van der Waals surface area contributed by atoms with E-state index in [0.717, 1.165) is 0 Å². The van der Waals surface area contributed by atoms with Gasteiger partial charge in [-0.2, -0.15) is 0 Å². The Morgan fingerprint density at radius 2 is 1.89 bits per heavy atom. The van der Waals surface area contributed by atoms with Gasteiger partial charge in [-0.1, -0.05) is 6.92 Å². The summed E-state index contributed by atoms with van der Waals surface area (Å²) < 4.78 is 21.4. The molecule has 10 atom stereocenters. The van der Waals surface area contributed by atoms with Gasteiger partial charge in [-0.3, -0.25) is 0 Å². The quantitative estimate of drug-likeness (QED) is 0.336. The molecule has 1 saturated carbocycles. The third-order valence-corrected chi connectivity index (χ3v) is 5.75. The predicted molar refractivity (Wildman–Crippen MR) is 86.6 cm³/mol. The fourth-order valence-corrected chi connectivity index (χ4v) is 4.10. The lowest BCUT2D eigenvalue weighted by Gasteiger charge is -2.43. The van der Waals surface area contributed by atoms with E-state index in [4.69, 9.17) is 18.9 Å². The molecule has 0 aromatic rings. The summed E-state index contributed by atoms with van der Waals surface area (Å²) in [6, 6.07) is 0. The summed E-state index contributed by atoms with van der Waals surface area (Å²) in [5.74, 6) is -1.63. The Bertz CT molecular complexity index is 578. The van der Waals surface area contributed by atoms with Crippen molar-refractivity contribution in [2.75, 3.05) is 13.7 Å². The second kappa shape index (κ2) is 8.00. The average Bonchev–Trinajstić information content (AvgIpc) is 2.96. The number of ether oxygens (including phenoxy) is 4. The van der Waals surface area contributed by atoms with Crippen molar-refractivity contribution in [2.24, 2.45) is 17.8 Å². The third-order valence-electron chi connectivity index (χ3n) is 5.75. The van der Waals surface area contributed by atoms with E-state index in [1.54, 1.807) is 6.92 Å². The number of carbonyl (C=O) groups excluding carboxylic acids is 1. The Balaban J connectivity index is 1.80. The molecule has 5 N–H and O–H groups in total. The van der Waals surface area contributed by atoms with Gasteiger partial charge >= 0.3 is 5.97 Å². The number of rotatable bonds is 4. The summed E-state index contributed by atoms with van der Waals surface area (Å²) in [5, 5.41) is 49.4. The first kappa shape index (κ1) is 20.5. The molecule has 2 aliphatic heterocycles. The fraction of sp³-hybridized carbons (Fsp3) is 0.824. The highest BCUT2D eigenvalue weighted by molar-refractivity contribution is 5.89. The lowest BCUT2D eigenvalue weighted by atomic mass is 9.83. The summed E-state index contributed by atoms with van der Waals surface area (Å²) in [6.45, 7) is 1.21. The van der Waals surface area contributed by atoms with Crippen LogP contribution >= 0.6 is 0 Å². The van der Waals surface area contributed by atoms with Gasteiger partial charge in [0.25, 0.3) is 0 Å². The molecule has 0 aromatic heterocycles. The lowest BCUT2D eigenvalue weighted by Crippen LogP contribution is -2.60. The van der Waals surface area contributed by atoms with Crippen molar-refractivity contribution in [2.45, 2.75) is 56.4 Å². The highest BCUT2D eigenvalue weighted by atomic mass is 16.8. The topological polar surface area (TPSA) is 155 Å². The number of fused-ring (bicyclic) bond motifs is 1. The lowest BCUT2D eigenvalue weighted by molar-refractivity contribution is -0.342. The van der Waals surface area contributed by atoms with E-state index in [-0.39, 0.29) is 11.8 Å². The molecule has 3 aliphatic rings. The Hall–Kier alpha value is -1.27. The van der Waals surface area contributed by atoms with Gasteiger partial charge < -0.3 is 44.5 Å². The van der Waals surface area contributed by atoms with Crippen LogP contribution in [0.5, 0.6) is 0 Å². The Morgan fingerprint density at radius 3 is 2.52 bits per heavy atom. The largest absolute Gasteiger partial charge is 0.472 e. The van der Waals surface area contributed by atoms with Crippen LogP contribution in [0.25, 0.3) is 0 Å². The molecule has 1 aliphatic carbocycles. The van der Waals surface area contributed by atoms with Crippen LogP contribution in [0.2, 0.25) is 0 Å². The van der Waals surface area contributed by atoms with Crippen LogP contribution in [0.4, 0.5) is 0 Å². The van der Waals surface area contributed by atoms with Gasteiger partial charge in [0, 0.05) is 11.8 Å². The van der Waals surface area contributed by atoms with Gasteiger partial charge in [0.1, 0.15) is 24.4 Å². The van der Waals surface area contributed by atoms with Crippen molar-refractivity contribution in [1.29, 1.82) is 0 Å². The smallest absolute Gasteiger partial charge is 0.337 e. The second-order valence-corrected chi connectivity index (χ2v) is 7.25. The molecule has 27 heavy (non-hydrogen) atoms. The molecule has 3 rings (SSSR count). The number of carbonyl (C=O) groups is 1. The maximum Gasteiger partial charge on any atom is 0.337 e. The number of aliphatic hydroxyl groups is 5. The molecular weight excluding hydrogens is 364 g/mol. The van der Waals surface area contributed by atoms with Crippen molar-refractivity contribution < 1.29 is 49.3 Å². The molecule has 2 fully saturated rings. The standard InChI is InChI=1S/C17H26O10/c1-6-9(19)3-7-8(15(23)24-2)5-25-16(11(6)7)27-17-14(22)13(21)12(20)10(4-18)26-17/h5-7,9-14,16-22H,3-4H2,1-2H3/t6-,7+,9+,10-,11+,12-,13+,14-,16-,17+/m0/s1. The first-order valence-corrected chi connectivity index (χ1v) is 8.88. The highest BCUT2D eigenvalue weighted by Gasteiger charge is 2.53. The molecule has 0 amide bonds. The monoisotopic (exact) mass is 390 g/mol. The zero-order chi connectivity index (χ0) is 19.9. The van der Waals surface area contributed by atoms with Crippen molar-refractivity contribution in [3.63, 3.8) is 0 Å². The van der Waals surface area contributed by atoms with Crippen LogP contribution in [-0.4, -0.2) is 88.3 Å². The highest BCUT2D eigenvalue weighted by Crippen LogP contribution is 2.47. The van der Waals surface area contributed by atoms with Crippen LogP contribution < -0.4 is 0 Å². The van der Waals surface area contributed by atoms with Gasteiger partial charge in [0.2, 0.25) is 6.29 Å². The molecule has 154 valence electrons. The molecule has 1 saturated heterocycles. The molecule has 0 bridgehead atoms. The zero-order valence-electron chi connectivity index (χ0n) is 15.0. The van der Waals surface area contributed by atoms with Crippen molar-refractivity contribution in [1.82, 2.24) is 0 Å². The number of methoxy groups -OCH3 is 1. The molecule has 10 heteroatoms. The number of aliphatic hydroxyl groups excluding tert-OH is 5. The number of esters is 1. The van der Waals surface area contributed by atoms with Crippen LogP contribution in [0, 0.1) is 17.8 Å². The number of hydrogen-bond donors (Lipinski definition) is 5. The van der Waals surface area contributed by atoms with E-state index in [1.165, 1.54) is 13.4 Å². The molecule has 10 nitrogen and oxygen atoms in total. The summed E-state index contributed by atoms with van der Waals surface area (Å²) >= 11 is 0. The SMILES string of the molecule is COC(=O)C1=CO[C@@H](O[C@H]2O[C@@H](CO)[C@H](O)[C@@H](O)[C@@H]2O)[C@@H]2[C@@H](C)[C@H](O)C[C@H]12. The van der Waals surface area contributed by atoms with Crippen molar-refractivity contribution >= 4 is 5.97 Å². The minimum absolute atomic E-state index is 0.279. The van der Waals surface area contributed by atoms with E-state index in [0.29, 0.717) is 12.0 Å². The summed E-state index contributed by atoms with van der Waals surface area (Å²) in [6.07, 6.45) is -7.25. The first-order chi connectivity index (χ1) is 12.8. The fourth-order valence-electron chi connectivity index (χ4n) is 4.10. The molecule has 0 aromatic carbocycles. The molecule has 0 unspecified atom stereocenters. The van der Waals surface area contributed by atoms with Gasteiger partial charge in [-0.05, 0) is 12.3 Å². The van der Waals surface area contributed by atoms with Gasteiger partial charge in [0.15, 0.2) is 6.29 Å². The van der Waals surface area contributed by atoms with Gasteiger partial charge in [0.05, 0.1) is 31.7 Å². The predicted octanol–water partition coefficient (Wildman–Crippen LogP) is -2.15. The Labute approximate surface area is 155 Å². The minimum Gasteiger partial charge on any atom is -0.472 e. The molecule has 0 radical (unpaired) electrons.